The van der Waals surface area contributed by atoms with Crippen molar-refractivity contribution in [2.24, 2.45) is 0 Å². The van der Waals surface area contributed by atoms with Gasteiger partial charge in [0.05, 0.1) is 5.56 Å². The van der Waals surface area contributed by atoms with Crippen molar-refractivity contribution < 1.29 is 13.2 Å². The smallest absolute Gasteiger partial charge is 0.302 e. The topological polar surface area (TPSA) is 71.5 Å². The average molecular weight is 318 g/mol. The molecule has 0 spiro atoms. The Bertz CT molecular complexity index is 891. The highest BCUT2D eigenvalue weighted by Gasteiger charge is 2.30. The first-order chi connectivity index (χ1) is 10.9. The quantitative estimate of drug-likeness (QED) is 0.788. The van der Waals surface area contributed by atoms with Gasteiger partial charge in [0, 0.05) is 11.8 Å². The first kappa shape index (κ1) is 14.9. The molecule has 0 bridgehead atoms. The summed E-state index contributed by atoms with van der Waals surface area (Å²) in [5, 5.41) is 7.58. The Labute approximate surface area is 127 Å². The molecule has 0 saturated heterocycles. The van der Waals surface area contributed by atoms with Gasteiger partial charge in [0.2, 0.25) is 0 Å². The van der Waals surface area contributed by atoms with Crippen LogP contribution in [-0.4, -0.2) is 20.2 Å². The molecule has 0 radical (unpaired) electrons. The zero-order valence-corrected chi connectivity index (χ0v) is 11.5. The minimum atomic E-state index is -4.50. The van der Waals surface area contributed by atoms with Crippen LogP contribution in [0.3, 0.4) is 0 Å². The summed E-state index contributed by atoms with van der Waals surface area (Å²) in [6, 6.07) is 9.41. The molecule has 0 amide bonds. The van der Waals surface area contributed by atoms with Crippen molar-refractivity contribution in [1.82, 2.24) is 20.2 Å². The van der Waals surface area contributed by atoms with Gasteiger partial charge >= 0.3 is 6.18 Å². The lowest BCUT2D eigenvalue weighted by Gasteiger charge is -2.08. The van der Waals surface area contributed by atoms with Gasteiger partial charge < -0.3 is 4.98 Å². The Balaban J connectivity index is 2.04. The van der Waals surface area contributed by atoms with Crippen LogP contribution in [0.25, 0.3) is 22.8 Å². The monoisotopic (exact) mass is 318 g/mol. The Kier molecular flexibility index (Phi) is 3.65. The number of H-pyrrole nitrogens is 1. The molecule has 0 unspecified atom stereocenters. The summed E-state index contributed by atoms with van der Waals surface area (Å²) in [5.74, 6) is 0.145. The molecule has 2 aromatic heterocycles. The third-order valence-corrected chi connectivity index (χ3v) is 3.07. The first-order valence-electron chi connectivity index (χ1n) is 6.51. The van der Waals surface area contributed by atoms with Gasteiger partial charge in [-0.15, -0.1) is 10.2 Å². The first-order valence-corrected chi connectivity index (χ1v) is 6.51. The number of pyridine rings is 1. The Morgan fingerprint density at radius 1 is 1.00 bits per heavy atom. The van der Waals surface area contributed by atoms with Crippen molar-refractivity contribution in [3.05, 3.63) is 64.6 Å². The van der Waals surface area contributed by atoms with Crippen molar-refractivity contribution >= 4 is 0 Å². The van der Waals surface area contributed by atoms with E-state index >= 15 is 0 Å². The molecule has 0 aliphatic heterocycles. The van der Waals surface area contributed by atoms with Gasteiger partial charge in [-0.25, -0.2) is 0 Å². The molecule has 0 saturated carbocycles. The molecule has 23 heavy (non-hydrogen) atoms. The predicted molar refractivity (Wildman–Crippen MR) is 76.3 cm³/mol. The second-order valence-corrected chi connectivity index (χ2v) is 4.64. The lowest BCUT2D eigenvalue weighted by molar-refractivity contribution is -0.137. The molecule has 5 nitrogen and oxygen atoms in total. The molecule has 8 heteroatoms. The van der Waals surface area contributed by atoms with Crippen molar-refractivity contribution in [2.75, 3.05) is 0 Å². The van der Waals surface area contributed by atoms with Crippen LogP contribution in [0, 0.1) is 0 Å². The van der Waals surface area contributed by atoms with E-state index in [2.05, 4.69) is 20.2 Å². The predicted octanol–water partition coefficient (Wildman–Crippen LogP) is 2.91. The maximum absolute atomic E-state index is 12.7. The maximum Gasteiger partial charge on any atom is 0.416 e. The molecule has 0 aliphatic rings. The standard InChI is InChI=1S/C15H9F3N4O/c16-15(17,18)10-5-3-4-9(8-10)12-14(23)20-13(22-21-12)11-6-1-2-7-19-11/h1-8H,(H,20,22,23). The average Bonchev–Trinajstić information content (AvgIpc) is 2.55. The number of rotatable bonds is 2. The number of hydrogen-bond acceptors (Lipinski definition) is 4. The number of halogens is 3. The lowest BCUT2D eigenvalue weighted by atomic mass is 10.1. The van der Waals surface area contributed by atoms with Gasteiger partial charge in [-0.05, 0) is 24.3 Å². The van der Waals surface area contributed by atoms with Gasteiger partial charge in [0.1, 0.15) is 5.69 Å². The van der Waals surface area contributed by atoms with E-state index in [1.165, 1.54) is 18.3 Å². The number of nitrogens with zero attached hydrogens (tertiary/aromatic N) is 3. The zero-order chi connectivity index (χ0) is 16.4. The van der Waals surface area contributed by atoms with Gasteiger partial charge in [0.25, 0.3) is 5.56 Å². The summed E-state index contributed by atoms with van der Waals surface area (Å²) in [6.45, 7) is 0. The van der Waals surface area contributed by atoms with Crippen LogP contribution in [0.5, 0.6) is 0 Å². The summed E-state index contributed by atoms with van der Waals surface area (Å²) in [7, 11) is 0. The fourth-order valence-electron chi connectivity index (χ4n) is 1.99. The number of aromatic nitrogens is 4. The van der Waals surface area contributed by atoms with E-state index in [0.29, 0.717) is 5.69 Å². The van der Waals surface area contributed by atoms with Crippen molar-refractivity contribution in [3.8, 4) is 22.8 Å². The molecule has 0 atom stereocenters. The fourth-order valence-corrected chi connectivity index (χ4v) is 1.99. The van der Waals surface area contributed by atoms with Gasteiger partial charge in [0.15, 0.2) is 11.5 Å². The van der Waals surface area contributed by atoms with Gasteiger partial charge in [-0.1, -0.05) is 18.2 Å². The van der Waals surface area contributed by atoms with Crippen LogP contribution in [0.4, 0.5) is 13.2 Å². The van der Waals surface area contributed by atoms with E-state index in [1.54, 1.807) is 18.2 Å². The summed E-state index contributed by atoms with van der Waals surface area (Å²) >= 11 is 0. The minimum Gasteiger partial charge on any atom is -0.302 e. The van der Waals surface area contributed by atoms with E-state index in [4.69, 9.17) is 0 Å². The van der Waals surface area contributed by atoms with Crippen molar-refractivity contribution in [2.45, 2.75) is 6.18 Å². The van der Waals surface area contributed by atoms with Crippen LogP contribution in [0.2, 0.25) is 0 Å². The summed E-state index contributed by atoms with van der Waals surface area (Å²) in [5.41, 5.74) is -1.23. The lowest BCUT2D eigenvalue weighted by Crippen LogP contribution is -2.15. The van der Waals surface area contributed by atoms with Crippen molar-refractivity contribution in [1.29, 1.82) is 0 Å². The molecule has 1 aromatic carbocycles. The molecule has 2 heterocycles. The van der Waals surface area contributed by atoms with Crippen LogP contribution in [-0.2, 0) is 6.18 Å². The SMILES string of the molecule is O=c1[nH]c(-c2ccccn2)nnc1-c1cccc(C(F)(F)F)c1. The molecule has 0 fully saturated rings. The Morgan fingerprint density at radius 3 is 2.48 bits per heavy atom. The highest BCUT2D eigenvalue weighted by atomic mass is 19.4. The van der Waals surface area contributed by atoms with E-state index in [9.17, 15) is 18.0 Å². The largest absolute Gasteiger partial charge is 0.416 e. The molecule has 0 aliphatic carbocycles. The van der Waals surface area contributed by atoms with Crippen LogP contribution < -0.4 is 5.56 Å². The van der Waals surface area contributed by atoms with Gasteiger partial charge in [-0.3, -0.25) is 9.78 Å². The molecule has 3 aromatic rings. The fraction of sp³-hybridized carbons (Fsp3) is 0.0667. The Hall–Kier alpha value is -3.03. The van der Waals surface area contributed by atoms with E-state index < -0.39 is 17.3 Å². The second kappa shape index (κ2) is 5.64. The highest BCUT2D eigenvalue weighted by molar-refractivity contribution is 5.60. The molecule has 116 valence electrons. The normalized spacial score (nSPS) is 11.4. The molecular weight excluding hydrogens is 309 g/mol. The van der Waals surface area contributed by atoms with Crippen molar-refractivity contribution in [3.63, 3.8) is 0 Å². The zero-order valence-electron chi connectivity index (χ0n) is 11.5. The third kappa shape index (κ3) is 3.10. The van der Waals surface area contributed by atoms with Gasteiger partial charge in [-0.2, -0.15) is 13.2 Å². The highest BCUT2D eigenvalue weighted by Crippen LogP contribution is 2.31. The third-order valence-electron chi connectivity index (χ3n) is 3.07. The maximum atomic E-state index is 12.7. The summed E-state index contributed by atoms with van der Waals surface area (Å²) in [4.78, 5) is 18.6. The second-order valence-electron chi connectivity index (χ2n) is 4.64. The van der Waals surface area contributed by atoms with E-state index in [0.717, 1.165) is 12.1 Å². The number of hydrogen-bond donors (Lipinski definition) is 1. The Morgan fingerprint density at radius 2 is 1.83 bits per heavy atom. The molecule has 1 N–H and O–H groups in total. The summed E-state index contributed by atoms with van der Waals surface area (Å²) in [6.07, 6.45) is -2.97. The number of aromatic amines is 1. The van der Waals surface area contributed by atoms with Crippen LogP contribution in [0.1, 0.15) is 5.56 Å². The number of nitrogens with one attached hydrogen (secondary N) is 1. The number of alkyl halides is 3. The van der Waals surface area contributed by atoms with E-state index in [-0.39, 0.29) is 17.1 Å². The van der Waals surface area contributed by atoms with E-state index in [1.807, 2.05) is 0 Å². The molecule has 3 rings (SSSR count). The number of benzene rings is 1. The molecular formula is C15H9F3N4O. The van der Waals surface area contributed by atoms with Crippen LogP contribution >= 0.6 is 0 Å². The van der Waals surface area contributed by atoms with Crippen LogP contribution in [0.15, 0.2) is 53.5 Å². The summed E-state index contributed by atoms with van der Waals surface area (Å²) < 4.78 is 38.2. The minimum absolute atomic E-state index is 0.0427.